The lowest BCUT2D eigenvalue weighted by Crippen LogP contribution is -2.10. The smallest absolute Gasteiger partial charge is 0.0989 e. The molecule has 0 atom stereocenters. The van der Waals surface area contributed by atoms with E-state index in [0.29, 0.717) is 6.54 Å². The lowest BCUT2D eigenvalue weighted by Gasteiger charge is -2.13. The van der Waals surface area contributed by atoms with Gasteiger partial charge < -0.3 is 5.73 Å². The third kappa shape index (κ3) is 3.69. The standard InChI is InChI=1S/C14H17ClN2S.ClH/c1-14(2,3)13-17-12(11(8-16)18-13)9-5-4-6-10(15)7-9;/h4-7H,8,16H2,1-3H3;1H. The molecule has 0 fully saturated rings. The van der Waals surface area contributed by atoms with Crippen molar-refractivity contribution in [1.82, 2.24) is 4.98 Å². The molecule has 0 aliphatic carbocycles. The van der Waals surface area contributed by atoms with Gasteiger partial charge in [-0.1, -0.05) is 44.5 Å². The second kappa shape index (κ2) is 6.23. The Bertz CT molecular complexity index is 559. The van der Waals surface area contributed by atoms with Crippen LogP contribution in [0.15, 0.2) is 24.3 Å². The van der Waals surface area contributed by atoms with Gasteiger partial charge in [0.25, 0.3) is 0 Å². The Hall–Kier alpha value is -0.610. The van der Waals surface area contributed by atoms with Gasteiger partial charge in [-0.2, -0.15) is 0 Å². The van der Waals surface area contributed by atoms with E-state index in [9.17, 15) is 0 Å². The molecule has 104 valence electrons. The molecule has 19 heavy (non-hydrogen) atoms. The van der Waals surface area contributed by atoms with Crippen molar-refractivity contribution in [3.8, 4) is 11.3 Å². The van der Waals surface area contributed by atoms with Crippen LogP contribution in [0.2, 0.25) is 5.02 Å². The highest BCUT2D eigenvalue weighted by Gasteiger charge is 2.21. The Morgan fingerprint density at radius 2 is 2.00 bits per heavy atom. The van der Waals surface area contributed by atoms with Crippen molar-refractivity contribution in [2.45, 2.75) is 32.7 Å². The largest absolute Gasteiger partial charge is 0.326 e. The molecular formula is C14H18Cl2N2S. The van der Waals surface area contributed by atoms with Crippen LogP contribution in [-0.4, -0.2) is 4.98 Å². The van der Waals surface area contributed by atoms with Crippen LogP contribution in [0, 0.1) is 0 Å². The van der Waals surface area contributed by atoms with Crippen LogP contribution in [0.4, 0.5) is 0 Å². The van der Waals surface area contributed by atoms with E-state index >= 15 is 0 Å². The molecule has 0 saturated heterocycles. The number of thiazole rings is 1. The van der Waals surface area contributed by atoms with Crippen molar-refractivity contribution in [1.29, 1.82) is 0 Å². The molecular weight excluding hydrogens is 299 g/mol. The molecule has 0 saturated carbocycles. The molecule has 0 radical (unpaired) electrons. The molecule has 2 nitrogen and oxygen atoms in total. The highest BCUT2D eigenvalue weighted by atomic mass is 35.5. The molecule has 0 bridgehead atoms. The molecule has 0 amide bonds. The van der Waals surface area contributed by atoms with E-state index in [1.54, 1.807) is 11.3 Å². The van der Waals surface area contributed by atoms with Crippen molar-refractivity contribution < 1.29 is 0 Å². The first-order chi connectivity index (χ1) is 8.41. The normalized spacial score (nSPS) is 11.2. The van der Waals surface area contributed by atoms with Gasteiger partial charge in [0.05, 0.1) is 10.7 Å². The Kier molecular flexibility index (Phi) is 5.39. The monoisotopic (exact) mass is 316 g/mol. The van der Waals surface area contributed by atoms with E-state index in [1.807, 2.05) is 24.3 Å². The second-order valence-electron chi connectivity index (χ2n) is 5.26. The zero-order valence-electron chi connectivity index (χ0n) is 11.2. The van der Waals surface area contributed by atoms with Crippen LogP contribution in [0.3, 0.4) is 0 Å². The number of rotatable bonds is 2. The molecule has 0 aliphatic heterocycles. The lowest BCUT2D eigenvalue weighted by molar-refractivity contribution is 0.586. The van der Waals surface area contributed by atoms with E-state index in [0.717, 1.165) is 26.2 Å². The first kappa shape index (κ1) is 16.4. The molecule has 2 N–H and O–H groups in total. The molecule has 1 aromatic carbocycles. The number of benzene rings is 1. The fourth-order valence-corrected chi connectivity index (χ4v) is 2.88. The summed E-state index contributed by atoms with van der Waals surface area (Å²) < 4.78 is 0. The summed E-state index contributed by atoms with van der Waals surface area (Å²) in [5.74, 6) is 0. The minimum Gasteiger partial charge on any atom is -0.326 e. The maximum Gasteiger partial charge on any atom is 0.0989 e. The number of hydrogen-bond donors (Lipinski definition) is 1. The van der Waals surface area contributed by atoms with Crippen molar-refractivity contribution in [2.24, 2.45) is 5.73 Å². The number of aromatic nitrogens is 1. The van der Waals surface area contributed by atoms with E-state index in [1.165, 1.54) is 0 Å². The molecule has 5 heteroatoms. The first-order valence-electron chi connectivity index (χ1n) is 5.88. The predicted octanol–water partition coefficient (Wildman–Crippen LogP) is 4.64. The fraction of sp³-hybridized carbons (Fsp3) is 0.357. The predicted molar refractivity (Wildman–Crippen MR) is 86.4 cm³/mol. The highest BCUT2D eigenvalue weighted by Crippen LogP contribution is 2.34. The van der Waals surface area contributed by atoms with Crippen molar-refractivity contribution >= 4 is 35.3 Å². The number of nitrogens with two attached hydrogens (primary N) is 1. The molecule has 1 heterocycles. The van der Waals surface area contributed by atoms with Crippen molar-refractivity contribution in [3.05, 3.63) is 39.2 Å². The molecule has 0 spiro atoms. The summed E-state index contributed by atoms with van der Waals surface area (Å²) in [6.45, 7) is 6.99. The minimum absolute atomic E-state index is 0. The molecule has 0 unspecified atom stereocenters. The van der Waals surface area contributed by atoms with Gasteiger partial charge >= 0.3 is 0 Å². The van der Waals surface area contributed by atoms with Gasteiger partial charge in [-0.05, 0) is 12.1 Å². The van der Waals surface area contributed by atoms with Crippen LogP contribution in [-0.2, 0) is 12.0 Å². The zero-order chi connectivity index (χ0) is 13.3. The van der Waals surface area contributed by atoms with E-state index < -0.39 is 0 Å². The lowest BCUT2D eigenvalue weighted by atomic mass is 9.98. The summed E-state index contributed by atoms with van der Waals surface area (Å²) in [5.41, 5.74) is 7.87. The van der Waals surface area contributed by atoms with Gasteiger partial charge in [-0.25, -0.2) is 4.98 Å². The van der Waals surface area contributed by atoms with Gasteiger partial charge in [0.15, 0.2) is 0 Å². The average Bonchev–Trinajstić information content (AvgIpc) is 2.72. The van der Waals surface area contributed by atoms with Gasteiger partial charge in [0.2, 0.25) is 0 Å². The fourth-order valence-electron chi connectivity index (χ4n) is 1.67. The molecule has 2 aromatic rings. The Labute approximate surface area is 129 Å². The summed E-state index contributed by atoms with van der Waals surface area (Å²) in [5, 5.41) is 1.83. The van der Waals surface area contributed by atoms with Crippen LogP contribution in [0.25, 0.3) is 11.3 Å². The third-order valence-electron chi connectivity index (χ3n) is 2.62. The van der Waals surface area contributed by atoms with Crippen molar-refractivity contribution in [3.63, 3.8) is 0 Å². The highest BCUT2D eigenvalue weighted by molar-refractivity contribution is 7.12. The maximum absolute atomic E-state index is 6.03. The SMILES string of the molecule is CC(C)(C)c1nc(-c2cccc(Cl)c2)c(CN)s1.Cl. The molecule has 2 rings (SSSR count). The van der Waals surface area contributed by atoms with Crippen LogP contribution >= 0.6 is 35.3 Å². The summed E-state index contributed by atoms with van der Waals surface area (Å²) in [4.78, 5) is 5.86. The summed E-state index contributed by atoms with van der Waals surface area (Å²) in [6, 6.07) is 7.76. The molecule has 0 aliphatic rings. The Balaban J connectivity index is 0.00000180. The van der Waals surface area contributed by atoms with Gasteiger partial charge in [-0.3, -0.25) is 0 Å². The van der Waals surface area contributed by atoms with Gasteiger partial charge in [0.1, 0.15) is 0 Å². The Morgan fingerprint density at radius 3 is 2.53 bits per heavy atom. The van der Waals surface area contributed by atoms with Gasteiger partial charge in [-0.15, -0.1) is 23.7 Å². The van der Waals surface area contributed by atoms with Crippen LogP contribution in [0.5, 0.6) is 0 Å². The summed E-state index contributed by atoms with van der Waals surface area (Å²) >= 11 is 7.72. The van der Waals surface area contributed by atoms with Gasteiger partial charge in [0, 0.05) is 27.4 Å². The van der Waals surface area contributed by atoms with E-state index in [-0.39, 0.29) is 17.8 Å². The number of halogens is 2. The summed E-state index contributed by atoms with van der Waals surface area (Å²) in [7, 11) is 0. The number of nitrogens with zero attached hydrogens (tertiary/aromatic N) is 1. The average molecular weight is 317 g/mol. The molecule has 1 aromatic heterocycles. The van der Waals surface area contributed by atoms with Crippen LogP contribution < -0.4 is 5.73 Å². The third-order valence-corrected chi connectivity index (χ3v) is 4.36. The Morgan fingerprint density at radius 1 is 1.32 bits per heavy atom. The number of hydrogen-bond acceptors (Lipinski definition) is 3. The van der Waals surface area contributed by atoms with Crippen molar-refractivity contribution in [2.75, 3.05) is 0 Å². The zero-order valence-corrected chi connectivity index (χ0v) is 13.6. The second-order valence-corrected chi connectivity index (χ2v) is 6.78. The minimum atomic E-state index is 0. The topological polar surface area (TPSA) is 38.9 Å². The van der Waals surface area contributed by atoms with E-state index in [4.69, 9.17) is 22.3 Å². The first-order valence-corrected chi connectivity index (χ1v) is 7.07. The van der Waals surface area contributed by atoms with E-state index in [2.05, 4.69) is 20.8 Å². The summed E-state index contributed by atoms with van der Waals surface area (Å²) in [6.07, 6.45) is 0. The maximum atomic E-state index is 6.03. The quantitative estimate of drug-likeness (QED) is 0.876. The van der Waals surface area contributed by atoms with Crippen LogP contribution in [0.1, 0.15) is 30.7 Å².